The molecule has 14 nitrogen and oxygen atoms in total. The van der Waals surface area contributed by atoms with Crippen LogP contribution in [-0.2, 0) is 28.7 Å². The van der Waals surface area contributed by atoms with Crippen LogP contribution in [-0.4, -0.2) is 85.3 Å². The predicted molar refractivity (Wildman–Crippen MR) is 148 cm³/mol. The summed E-state index contributed by atoms with van der Waals surface area (Å²) in [6.07, 6.45) is -2.71. The summed E-state index contributed by atoms with van der Waals surface area (Å²) in [7, 11) is 0. The van der Waals surface area contributed by atoms with E-state index in [0.29, 0.717) is 5.69 Å². The van der Waals surface area contributed by atoms with E-state index in [9.17, 15) is 42.4 Å². The maximum Gasteiger partial charge on any atom is 0.491 e. The van der Waals surface area contributed by atoms with E-state index in [2.05, 4.69) is 25.2 Å². The number of nitrogens with two attached hydrogens (primary N) is 1. The van der Waals surface area contributed by atoms with Gasteiger partial charge in [0.15, 0.2) is 16.0 Å². The van der Waals surface area contributed by atoms with Crippen molar-refractivity contribution < 1.29 is 47.1 Å². The number of ether oxygens (including phenoxy) is 1. The molecule has 5 heterocycles. The highest BCUT2D eigenvalue weighted by atomic mass is 35.5. The zero-order valence-corrected chi connectivity index (χ0v) is 24.1. The van der Waals surface area contributed by atoms with Crippen LogP contribution in [0.3, 0.4) is 0 Å². The molecule has 0 aromatic carbocycles. The van der Waals surface area contributed by atoms with Crippen LogP contribution >= 0.6 is 34.7 Å². The van der Waals surface area contributed by atoms with Gasteiger partial charge in [0.05, 0.1) is 5.69 Å². The number of esters is 2. The molecule has 2 aromatic heterocycles. The van der Waals surface area contributed by atoms with Gasteiger partial charge in [-0.1, -0.05) is 16.8 Å². The number of β-lactam (4-membered cyclic amide) rings is 1. The number of thiazole rings is 1. The largest absolute Gasteiger partial charge is 0.491 e. The van der Waals surface area contributed by atoms with Gasteiger partial charge < -0.3 is 25.9 Å². The standard InChI is InChI=1S/C24H17ClF3N7O7S2/c25-16-12(2-1-4-30-16)34-5-3-9(18(34)37)6-10-7-43-20-14(32-17(36)13(33-41)11-8-44-23(29)31-11)19(38)35(20)15(10)21(39)42-22(40)24(26,27)28/h1-2,4,6,8,14,20,41H,3,5,7H2,(H2,29,31)(H,32,36)/b9-6+,33-13-/t14-,20-/m1/s1. The molecule has 230 valence electrons. The van der Waals surface area contributed by atoms with E-state index in [4.69, 9.17) is 17.3 Å². The number of hydrogen-bond donors (Lipinski definition) is 3. The second-order valence-electron chi connectivity index (χ2n) is 9.12. The van der Waals surface area contributed by atoms with Crippen molar-refractivity contribution in [1.82, 2.24) is 20.2 Å². The average Bonchev–Trinajstić information content (AvgIpc) is 3.56. The number of nitrogens with zero attached hydrogens (tertiary/aromatic N) is 5. The number of oxime groups is 1. The lowest BCUT2D eigenvalue weighted by Crippen LogP contribution is -2.71. The highest BCUT2D eigenvalue weighted by molar-refractivity contribution is 8.00. The maximum atomic E-state index is 13.2. The van der Waals surface area contributed by atoms with Gasteiger partial charge in [-0.25, -0.2) is 19.6 Å². The predicted octanol–water partition coefficient (Wildman–Crippen LogP) is 1.60. The van der Waals surface area contributed by atoms with Gasteiger partial charge in [-0.05, 0) is 30.2 Å². The summed E-state index contributed by atoms with van der Waals surface area (Å²) in [6, 6.07) is 1.80. The molecule has 20 heteroatoms. The number of anilines is 2. The number of nitrogens with one attached hydrogen (secondary N) is 1. The number of aromatic nitrogens is 2. The van der Waals surface area contributed by atoms with Crippen LogP contribution in [0.15, 0.2) is 51.8 Å². The van der Waals surface area contributed by atoms with Crippen molar-refractivity contribution in [3.63, 3.8) is 0 Å². The third-order valence-corrected chi connectivity index (χ3v) is 8.74. The number of hydrogen-bond acceptors (Lipinski definition) is 13. The Kier molecular flexibility index (Phi) is 8.36. The van der Waals surface area contributed by atoms with Gasteiger partial charge in [0.1, 0.15) is 22.8 Å². The van der Waals surface area contributed by atoms with Gasteiger partial charge in [-0.15, -0.1) is 23.1 Å². The molecular weight excluding hydrogens is 655 g/mol. The normalized spacial score (nSPS) is 21.4. The highest BCUT2D eigenvalue weighted by Gasteiger charge is 2.55. The molecule has 0 bridgehead atoms. The van der Waals surface area contributed by atoms with Crippen LogP contribution in [0, 0.1) is 0 Å². The first-order chi connectivity index (χ1) is 20.8. The molecule has 2 saturated heterocycles. The minimum atomic E-state index is -5.52. The monoisotopic (exact) mass is 671 g/mol. The number of rotatable bonds is 6. The second-order valence-corrected chi connectivity index (χ2v) is 11.5. The van der Waals surface area contributed by atoms with E-state index in [1.165, 1.54) is 22.6 Å². The zero-order valence-electron chi connectivity index (χ0n) is 21.7. The molecule has 5 rings (SSSR count). The Morgan fingerprint density at radius 3 is 2.68 bits per heavy atom. The van der Waals surface area contributed by atoms with E-state index < -0.39 is 58.7 Å². The van der Waals surface area contributed by atoms with Gasteiger partial charge >= 0.3 is 18.1 Å². The lowest BCUT2D eigenvalue weighted by molar-refractivity contribution is -0.201. The topological polar surface area (TPSA) is 197 Å². The number of nitrogen functional groups attached to an aromatic ring is 1. The fourth-order valence-electron chi connectivity index (χ4n) is 4.52. The number of carbonyl (C=O) groups excluding carboxylic acids is 5. The van der Waals surface area contributed by atoms with Crippen molar-refractivity contribution in [2.75, 3.05) is 22.9 Å². The highest BCUT2D eigenvalue weighted by Crippen LogP contribution is 2.42. The summed E-state index contributed by atoms with van der Waals surface area (Å²) < 4.78 is 42.8. The Hall–Kier alpha value is -4.49. The fourth-order valence-corrected chi connectivity index (χ4v) is 6.59. The molecule has 4 N–H and O–H groups in total. The molecule has 2 atom stereocenters. The Bertz CT molecular complexity index is 1690. The van der Waals surface area contributed by atoms with Gasteiger partial charge in [0.25, 0.3) is 17.7 Å². The third-order valence-electron chi connectivity index (χ3n) is 6.48. The summed E-state index contributed by atoms with van der Waals surface area (Å²) in [5.74, 6) is -7.24. The van der Waals surface area contributed by atoms with E-state index >= 15 is 0 Å². The minimum Gasteiger partial charge on any atom is -0.410 e. The fraction of sp³-hybridized carbons (Fsp3) is 0.250. The Morgan fingerprint density at radius 2 is 2.05 bits per heavy atom. The Balaban J connectivity index is 1.44. The van der Waals surface area contributed by atoms with Crippen molar-refractivity contribution in [1.29, 1.82) is 0 Å². The first-order valence-electron chi connectivity index (χ1n) is 12.2. The number of pyridine rings is 1. The molecule has 2 fully saturated rings. The van der Waals surface area contributed by atoms with Crippen LogP contribution in [0.1, 0.15) is 12.1 Å². The molecule has 3 aliphatic heterocycles. The molecule has 44 heavy (non-hydrogen) atoms. The van der Waals surface area contributed by atoms with Crippen LogP contribution < -0.4 is 16.0 Å². The molecule has 0 aliphatic carbocycles. The quantitative estimate of drug-likeness (QED) is 0.0589. The minimum absolute atomic E-state index is 0.0548. The lowest BCUT2D eigenvalue weighted by atomic mass is 10.0. The van der Waals surface area contributed by atoms with E-state index in [0.717, 1.165) is 28.0 Å². The summed E-state index contributed by atoms with van der Waals surface area (Å²) >= 11 is 8.07. The van der Waals surface area contributed by atoms with Gasteiger partial charge in [0.2, 0.25) is 0 Å². The van der Waals surface area contributed by atoms with Crippen molar-refractivity contribution in [2.45, 2.75) is 24.0 Å². The number of alkyl halides is 3. The van der Waals surface area contributed by atoms with E-state index in [-0.39, 0.29) is 45.8 Å². The van der Waals surface area contributed by atoms with Crippen molar-refractivity contribution in [3.05, 3.63) is 57.5 Å². The summed E-state index contributed by atoms with van der Waals surface area (Å²) in [4.78, 5) is 73.4. The van der Waals surface area contributed by atoms with Crippen LogP contribution in [0.5, 0.6) is 0 Å². The first kappa shape index (κ1) is 31.0. The lowest BCUT2D eigenvalue weighted by Gasteiger charge is -2.49. The molecule has 0 saturated carbocycles. The zero-order chi connectivity index (χ0) is 31.9. The molecule has 0 unspecified atom stereocenters. The van der Waals surface area contributed by atoms with Crippen molar-refractivity contribution in [3.8, 4) is 0 Å². The van der Waals surface area contributed by atoms with Crippen molar-refractivity contribution in [2.24, 2.45) is 5.16 Å². The van der Waals surface area contributed by atoms with Crippen LogP contribution in [0.2, 0.25) is 5.15 Å². The van der Waals surface area contributed by atoms with Crippen LogP contribution in [0.25, 0.3) is 0 Å². The molecule has 3 aliphatic rings. The third kappa shape index (κ3) is 5.72. The number of halogens is 4. The summed E-state index contributed by atoms with van der Waals surface area (Å²) in [5.41, 5.74) is 4.56. The van der Waals surface area contributed by atoms with E-state index in [1.807, 2.05) is 0 Å². The molecule has 0 radical (unpaired) electrons. The smallest absolute Gasteiger partial charge is 0.410 e. The Labute approximate surface area is 257 Å². The number of carbonyl (C=O) groups is 5. The summed E-state index contributed by atoms with van der Waals surface area (Å²) in [5, 5.41) is 15.0. The maximum absolute atomic E-state index is 13.2. The Morgan fingerprint density at radius 1 is 1.30 bits per heavy atom. The first-order valence-corrected chi connectivity index (χ1v) is 14.5. The molecular formula is C24H17ClF3N7O7S2. The number of fused-ring (bicyclic) bond motifs is 1. The van der Waals surface area contributed by atoms with Gasteiger partial charge in [-0.2, -0.15) is 13.2 Å². The molecule has 3 amide bonds. The second kappa shape index (κ2) is 11.9. The van der Waals surface area contributed by atoms with E-state index in [1.54, 1.807) is 12.1 Å². The summed E-state index contributed by atoms with van der Waals surface area (Å²) in [6.45, 7) is 0.168. The number of amides is 3. The SMILES string of the molecule is Nc1nc(/C(=N/O)C(=O)N[C@@H]2C(=O)N3C(C(=O)OC(=O)C(F)(F)F)=C(/C=C4\CCN(c5cccnc5Cl)C4=O)CS[C@H]23)cs1. The number of allylic oxidation sites excluding steroid dienone is 1. The molecule has 2 aromatic rings. The van der Waals surface area contributed by atoms with Gasteiger partial charge in [-0.3, -0.25) is 19.3 Å². The van der Waals surface area contributed by atoms with Gasteiger partial charge in [0, 0.05) is 29.4 Å². The van der Waals surface area contributed by atoms with Crippen molar-refractivity contribution >= 4 is 80.9 Å². The average molecular weight is 672 g/mol. The molecule has 0 spiro atoms. The van der Waals surface area contributed by atoms with Crippen LogP contribution in [0.4, 0.5) is 24.0 Å². The number of thioether (sulfide) groups is 1.